The lowest BCUT2D eigenvalue weighted by atomic mass is 9.88. The molecule has 1 saturated heterocycles. The summed E-state index contributed by atoms with van der Waals surface area (Å²) in [7, 11) is -3.00. The predicted molar refractivity (Wildman–Crippen MR) is 146 cm³/mol. The highest BCUT2D eigenvalue weighted by Crippen LogP contribution is 2.61. The van der Waals surface area contributed by atoms with E-state index in [0.29, 0.717) is 23.8 Å². The molecule has 2 aromatic heterocycles. The molecule has 0 radical (unpaired) electrons. The Morgan fingerprint density at radius 1 is 1.12 bits per heavy atom. The number of pyridine rings is 2. The molecular formula is C26H38F3N2O7PS. The molecule has 40 heavy (non-hydrogen) atoms. The number of nitrogens with zero attached hydrogens (tertiary/aromatic N) is 1. The smallest absolute Gasteiger partial charge is 0.388 e. The number of ether oxygens (including phenoxy) is 2. The lowest BCUT2D eigenvalue weighted by molar-refractivity contribution is -0.141. The number of aliphatic hydroxyl groups is 2. The van der Waals surface area contributed by atoms with Gasteiger partial charge in [-0.15, -0.1) is 0 Å². The number of nitrogens with one attached hydrogen (secondary N) is 1. The fourth-order valence-corrected chi connectivity index (χ4v) is 6.99. The Morgan fingerprint density at radius 3 is 2.23 bits per heavy atom. The van der Waals surface area contributed by atoms with Crippen LogP contribution in [-0.4, -0.2) is 61.4 Å². The molecule has 9 nitrogen and oxygen atoms in total. The number of fused-ring (bicyclic) bond motifs is 1. The van der Waals surface area contributed by atoms with Crippen LogP contribution >= 0.6 is 19.8 Å². The molecule has 6 unspecified atom stereocenters. The van der Waals surface area contributed by atoms with Gasteiger partial charge in [-0.3, -0.25) is 9.09 Å². The van der Waals surface area contributed by atoms with Crippen LogP contribution in [0.3, 0.4) is 0 Å². The first-order valence-corrected chi connectivity index (χ1v) is 15.1. The molecule has 0 saturated carbocycles. The van der Waals surface area contributed by atoms with Crippen molar-refractivity contribution in [3.8, 4) is 0 Å². The van der Waals surface area contributed by atoms with E-state index in [1.54, 1.807) is 20.8 Å². The summed E-state index contributed by atoms with van der Waals surface area (Å²) < 4.78 is 71.1. The number of H-pyrrole nitrogens is 1. The summed E-state index contributed by atoms with van der Waals surface area (Å²) in [6, 6.07) is 1.52. The van der Waals surface area contributed by atoms with Gasteiger partial charge in [0, 0.05) is 24.5 Å². The Bertz CT molecular complexity index is 1340. The number of hydrogen-bond acceptors (Lipinski definition) is 8. The highest BCUT2D eigenvalue weighted by atomic mass is 32.1. The normalized spacial score (nSPS) is 25.2. The molecule has 3 heterocycles. The molecule has 3 rings (SSSR count). The maximum atomic E-state index is 13.5. The van der Waals surface area contributed by atoms with Gasteiger partial charge < -0.3 is 29.6 Å². The van der Waals surface area contributed by atoms with Gasteiger partial charge in [-0.25, -0.2) is 4.98 Å². The third-order valence-electron chi connectivity index (χ3n) is 8.40. The Kier molecular flexibility index (Phi) is 9.66. The summed E-state index contributed by atoms with van der Waals surface area (Å²) in [5.74, 6) is 0. The minimum atomic E-state index is -4.65. The topological polar surface area (TPSA) is 134 Å². The van der Waals surface area contributed by atoms with Gasteiger partial charge in [0.2, 0.25) is 0 Å². The second-order valence-corrected chi connectivity index (χ2v) is 13.1. The van der Waals surface area contributed by atoms with Crippen molar-refractivity contribution < 1.29 is 46.8 Å². The van der Waals surface area contributed by atoms with E-state index in [1.807, 2.05) is 0 Å². The molecular weight excluding hydrogens is 572 g/mol. The molecule has 1 fully saturated rings. The van der Waals surface area contributed by atoms with Crippen LogP contribution in [0.15, 0.2) is 6.07 Å². The Morgan fingerprint density at radius 2 is 1.73 bits per heavy atom. The zero-order chi connectivity index (χ0) is 30.4. The summed E-state index contributed by atoms with van der Waals surface area (Å²) in [6.07, 6.45) is -8.83. The van der Waals surface area contributed by atoms with Gasteiger partial charge in [0.05, 0.1) is 11.7 Å². The number of alkyl halides is 3. The number of methoxy groups -OCH3 is 1. The van der Waals surface area contributed by atoms with E-state index in [-0.39, 0.29) is 34.3 Å². The predicted octanol–water partition coefficient (Wildman–Crippen LogP) is 6.01. The number of aliphatic hydroxyl groups excluding tert-OH is 2. The van der Waals surface area contributed by atoms with Crippen LogP contribution in [0.5, 0.6) is 0 Å². The first-order chi connectivity index (χ1) is 18.4. The Balaban J connectivity index is 1.98. The number of rotatable bonds is 10. The molecule has 0 spiro atoms. The molecule has 14 heteroatoms. The van der Waals surface area contributed by atoms with Crippen LogP contribution < -0.4 is 0 Å². The van der Waals surface area contributed by atoms with Crippen LogP contribution in [0.4, 0.5) is 13.2 Å². The molecule has 0 amide bonds. The van der Waals surface area contributed by atoms with Crippen molar-refractivity contribution in [1.29, 1.82) is 0 Å². The first-order valence-electron chi connectivity index (χ1n) is 13.1. The molecule has 6 atom stereocenters. The van der Waals surface area contributed by atoms with Gasteiger partial charge in [0.25, 0.3) is 0 Å². The highest BCUT2D eigenvalue weighted by Gasteiger charge is 2.52. The number of hydrogen-bond donors (Lipinski definition) is 4. The lowest BCUT2D eigenvalue weighted by Gasteiger charge is -2.40. The third-order valence-corrected chi connectivity index (χ3v) is 11.1. The van der Waals surface area contributed by atoms with Gasteiger partial charge in [-0.05, 0) is 57.2 Å². The Hall–Kier alpha value is -1.44. The average molecular weight is 611 g/mol. The summed E-state index contributed by atoms with van der Waals surface area (Å²) in [5, 5.41) is 20.8. The molecule has 226 valence electrons. The van der Waals surface area contributed by atoms with Gasteiger partial charge in [-0.1, -0.05) is 33.0 Å². The summed E-state index contributed by atoms with van der Waals surface area (Å²) in [5.41, 5.74) is -1.72. The van der Waals surface area contributed by atoms with E-state index in [0.717, 1.165) is 0 Å². The van der Waals surface area contributed by atoms with E-state index in [1.165, 1.54) is 33.9 Å². The zero-order valence-electron chi connectivity index (χ0n) is 23.6. The molecule has 1 aliphatic rings. The summed E-state index contributed by atoms with van der Waals surface area (Å²) >= 11 is 5.40. The van der Waals surface area contributed by atoms with Crippen molar-refractivity contribution in [2.24, 2.45) is 0 Å². The fourth-order valence-electron chi connectivity index (χ4n) is 5.04. The van der Waals surface area contributed by atoms with Gasteiger partial charge in [0.1, 0.15) is 34.3 Å². The van der Waals surface area contributed by atoms with Crippen molar-refractivity contribution in [1.82, 2.24) is 9.97 Å². The van der Waals surface area contributed by atoms with Crippen LogP contribution in [-0.2, 0) is 24.7 Å². The van der Waals surface area contributed by atoms with E-state index in [9.17, 15) is 32.8 Å². The quantitative estimate of drug-likeness (QED) is 0.188. The second kappa shape index (κ2) is 11.7. The SMILES string of the molecule is CCC(CC)(CC1OC(c2cc3c(C)c(C)c(C(F)(F)F)nc3[nH]c2=S)C(O)C1O)OP(=O)(O)C(C)(CC)OC. The molecule has 0 aromatic carbocycles. The van der Waals surface area contributed by atoms with Crippen molar-refractivity contribution in [3.63, 3.8) is 0 Å². The molecule has 0 aliphatic carbocycles. The van der Waals surface area contributed by atoms with Gasteiger partial charge >= 0.3 is 13.8 Å². The van der Waals surface area contributed by atoms with Crippen LogP contribution in [0.1, 0.15) is 81.9 Å². The number of aromatic nitrogens is 2. The third kappa shape index (κ3) is 5.89. The monoisotopic (exact) mass is 610 g/mol. The minimum Gasteiger partial charge on any atom is -0.388 e. The van der Waals surface area contributed by atoms with Crippen LogP contribution in [0.2, 0.25) is 0 Å². The Labute approximate surface area is 236 Å². The summed E-state index contributed by atoms with van der Waals surface area (Å²) in [6.45, 7) is 9.61. The molecule has 2 aromatic rings. The van der Waals surface area contributed by atoms with Crippen molar-refractivity contribution in [2.75, 3.05) is 7.11 Å². The average Bonchev–Trinajstić information content (AvgIpc) is 3.16. The number of halogens is 3. The van der Waals surface area contributed by atoms with Crippen LogP contribution in [0.25, 0.3) is 11.0 Å². The van der Waals surface area contributed by atoms with E-state index in [4.69, 9.17) is 26.2 Å². The van der Waals surface area contributed by atoms with Crippen molar-refractivity contribution >= 4 is 30.8 Å². The maximum Gasteiger partial charge on any atom is 0.433 e. The van der Waals surface area contributed by atoms with Crippen LogP contribution in [0, 0.1) is 18.5 Å². The van der Waals surface area contributed by atoms with E-state index >= 15 is 0 Å². The summed E-state index contributed by atoms with van der Waals surface area (Å²) in [4.78, 5) is 17.3. The highest BCUT2D eigenvalue weighted by molar-refractivity contribution is 7.71. The fraction of sp³-hybridized carbons (Fsp3) is 0.692. The van der Waals surface area contributed by atoms with E-state index in [2.05, 4.69) is 9.97 Å². The minimum absolute atomic E-state index is 0.000407. The van der Waals surface area contributed by atoms with Gasteiger partial charge in [0.15, 0.2) is 5.34 Å². The lowest BCUT2D eigenvalue weighted by Crippen LogP contribution is -2.42. The number of aryl methyl sites for hydroxylation is 1. The number of aromatic amines is 1. The zero-order valence-corrected chi connectivity index (χ0v) is 25.3. The molecule has 1 aliphatic heterocycles. The maximum absolute atomic E-state index is 13.5. The van der Waals surface area contributed by atoms with Crippen molar-refractivity contribution in [2.45, 2.75) is 109 Å². The second-order valence-electron chi connectivity index (χ2n) is 10.5. The van der Waals surface area contributed by atoms with Crippen molar-refractivity contribution in [3.05, 3.63) is 33.1 Å². The largest absolute Gasteiger partial charge is 0.433 e. The standard InChI is InChI=1S/C26H38F3N2O7PS/c1-8-24(6,36-7)39(34,35)38-25(9-2,10-3)12-17-18(32)19(33)20(37-17)16-11-15-13(4)14(5)21(26(27,28)29)30-22(15)31-23(16)40/h11,17-20,32-33H,8-10,12H2,1-7H3,(H,34,35)(H,30,31,40). The first kappa shape index (κ1) is 33.1. The van der Waals surface area contributed by atoms with E-state index < -0.39 is 54.8 Å². The van der Waals surface area contributed by atoms with Gasteiger partial charge in [-0.2, -0.15) is 13.2 Å². The molecule has 4 N–H and O–H groups in total. The molecule has 0 bridgehead atoms.